The molecule has 1 aliphatic rings. The van der Waals surface area contributed by atoms with Gasteiger partial charge in [0.25, 0.3) is 0 Å². The third kappa shape index (κ3) is 3.80. The van der Waals surface area contributed by atoms with Crippen LogP contribution in [0.2, 0.25) is 0 Å². The third-order valence-electron chi connectivity index (χ3n) is 5.12. The molecule has 2 aromatic heterocycles. The molecule has 0 unspecified atom stereocenters. The van der Waals surface area contributed by atoms with E-state index in [-0.39, 0.29) is 18.6 Å². The van der Waals surface area contributed by atoms with Crippen LogP contribution in [0.25, 0.3) is 10.9 Å². The number of benzene rings is 1. The Hall–Kier alpha value is -2.87. The van der Waals surface area contributed by atoms with Crippen molar-refractivity contribution in [2.75, 3.05) is 13.1 Å². The van der Waals surface area contributed by atoms with Crippen molar-refractivity contribution in [1.82, 2.24) is 24.5 Å². The molecule has 142 valence electrons. The van der Waals surface area contributed by atoms with Gasteiger partial charge in [-0.2, -0.15) is 0 Å². The second kappa shape index (κ2) is 7.40. The summed E-state index contributed by atoms with van der Waals surface area (Å²) in [5, 5.41) is 8.94. The van der Waals surface area contributed by atoms with Crippen LogP contribution in [-0.2, 0) is 24.9 Å². The average molecular weight is 368 g/mol. The minimum absolute atomic E-state index is 0.175. The fraction of sp³-hybridized carbons (Fsp3) is 0.421. The van der Waals surface area contributed by atoms with Crippen LogP contribution >= 0.6 is 0 Å². The lowest BCUT2D eigenvalue weighted by molar-refractivity contribution is -0.118. The molecule has 0 saturated carbocycles. The van der Waals surface area contributed by atoms with Gasteiger partial charge in [0.1, 0.15) is 18.4 Å². The maximum atomic E-state index is 11.2. The lowest BCUT2D eigenvalue weighted by atomic mass is 10.1. The number of nitrogens with two attached hydrogens (primary N) is 1. The normalized spacial score (nSPS) is 16.0. The number of nitrogens with zero attached hydrogens (tertiary/aromatic N) is 5. The van der Waals surface area contributed by atoms with Crippen LogP contribution in [0.4, 0.5) is 0 Å². The Morgan fingerprint density at radius 1 is 1.30 bits per heavy atom. The first-order valence-corrected chi connectivity index (χ1v) is 9.19. The van der Waals surface area contributed by atoms with E-state index in [1.165, 1.54) is 0 Å². The quantitative estimate of drug-likeness (QED) is 0.708. The number of fused-ring (bicyclic) bond motifs is 1. The van der Waals surface area contributed by atoms with Crippen LogP contribution in [0.15, 0.2) is 36.7 Å². The Morgan fingerprint density at radius 3 is 2.81 bits per heavy atom. The van der Waals surface area contributed by atoms with Gasteiger partial charge in [0.15, 0.2) is 0 Å². The standard InChI is InChI=1S/C19H24N6O2/c1-23-14(11-21-22-23)12-24-8-5-15(6-9-24)27-18-4-2-3-17-16(18)7-10-25(17)13-19(20)26/h2-4,7,10-11,15H,5-6,8-9,12-13H2,1H3,(H2,20,26). The SMILES string of the molecule is Cn1nncc1CN1CCC(Oc2cccc3c2ccn3CC(N)=O)CC1. The van der Waals surface area contributed by atoms with Gasteiger partial charge < -0.3 is 15.0 Å². The summed E-state index contributed by atoms with van der Waals surface area (Å²) in [6, 6.07) is 7.91. The Bertz CT molecular complexity index is 939. The van der Waals surface area contributed by atoms with Gasteiger partial charge in [0.05, 0.1) is 17.4 Å². The second-order valence-electron chi connectivity index (χ2n) is 7.04. The van der Waals surface area contributed by atoms with Gasteiger partial charge in [0, 0.05) is 38.3 Å². The molecule has 1 saturated heterocycles. The van der Waals surface area contributed by atoms with Crippen molar-refractivity contribution in [1.29, 1.82) is 0 Å². The lowest BCUT2D eigenvalue weighted by Crippen LogP contribution is -2.38. The number of primary amides is 1. The van der Waals surface area contributed by atoms with Crippen molar-refractivity contribution in [3.05, 3.63) is 42.4 Å². The number of hydrogen-bond donors (Lipinski definition) is 1. The number of carbonyl (C=O) groups is 1. The fourth-order valence-corrected chi connectivity index (χ4v) is 3.65. The summed E-state index contributed by atoms with van der Waals surface area (Å²) in [7, 11) is 1.92. The summed E-state index contributed by atoms with van der Waals surface area (Å²) in [4.78, 5) is 13.6. The van der Waals surface area contributed by atoms with E-state index in [9.17, 15) is 4.79 Å². The molecular formula is C19H24N6O2. The zero-order valence-electron chi connectivity index (χ0n) is 15.4. The van der Waals surface area contributed by atoms with Gasteiger partial charge in [-0.25, -0.2) is 0 Å². The van der Waals surface area contributed by atoms with E-state index in [4.69, 9.17) is 10.5 Å². The maximum Gasteiger partial charge on any atom is 0.237 e. The summed E-state index contributed by atoms with van der Waals surface area (Å²) < 4.78 is 9.98. The van der Waals surface area contributed by atoms with Gasteiger partial charge in [-0.1, -0.05) is 11.3 Å². The van der Waals surface area contributed by atoms with Crippen LogP contribution in [0.1, 0.15) is 18.5 Å². The number of rotatable bonds is 6. The van der Waals surface area contributed by atoms with Crippen LogP contribution in [-0.4, -0.2) is 49.6 Å². The van der Waals surface area contributed by atoms with Crippen molar-refractivity contribution in [3.63, 3.8) is 0 Å². The molecule has 0 bridgehead atoms. The molecule has 1 amide bonds. The topological polar surface area (TPSA) is 91.2 Å². The summed E-state index contributed by atoms with van der Waals surface area (Å²) in [6.45, 7) is 3.00. The number of aromatic nitrogens is 4. The molecule has 8 nitrogen and oxygen atoms in total. The number of amides is 1. The first kappa shape index (κ1) is 17.5. The van der Waals surface area contributed by atoms with E-state index >= 15 is 0 Å². The summed E-state index contributed by atoms with van der Waals surface area (Å²) in [5.74, 6) is 0.514. The number of piperidine rings is 1. The fourth-order valence-electron chi connectivity index (χ4n) is 3.65. The number of hydrogen-bond acceptors (Lipinski definition) is 5. The molecule has 0 radical (unpaired) electrons. The van der Waals surface area contributed by atoms with Gasteiger partial charge in [-0.15, -0.1) is 5.10 Å². The maximum absolute atomic E-state index is 11.2. The van der Waals surface area contributed by atoms with E-state index in [0.29, 0.717) is 0 Å². The Balaban J connectivity index is 1.40. The highest BCUT2D eigenvalue weighted by Crippen LogP contribution is 2.29. The highest BCUT2D eigenvalue weighted by atomic mass is 16.5. The van der Waals surface area contributed by atoms with Crippen LogP contribution in [0.3, 0.4) is 0 Å². The monoisotopic (exact) mass is 368 g/mol. The van der Waals surface area contributed by atoms with E-state index in [2.05, 4.69) is 15.2 Å². The largest absolute Gasteiger partial charge is 0.490 e. The minimum Gasteiger partial charge on any atom is -0.490 e. The van der Waals surface area contributed by atoms with Crippen LogP contribution < -0.4 is 10.5 Å². The molecule has 4 rings (SSSR count). The van der Waals surface area contributed by atoms with Crippen LogP contribution in [0.5, 0.6) is 5.75 Å². The van der Waals surface area contributed by atoms with Gasteiger partial charge >= 0.3 is 0 Å². The van der Waals surface area contributed by atoms with Gasteiger partial charge in [-0.3, -0.25) is 14.4 Å². The molecule has 1 aromatic carbocycles. The Labute approximate surface area is 157 Å². The smallest absolute Gasteiger partial charge is 0.237 e. The number of carbonyl (C=O) groups excluding carboxylic acids is 1. The molecule has 2 N–H and O–H groups in total. The van der Waals surface area contributed by atoms with E-state index in [0.717, 1.165) is 54.8 Å². The molecular weight excluding hydrogens is 344 g/mol. The second-order valence-corrected chi connectivity index (χ2v) is 7.04. The molecule has 27 heavy (non-hydrogen) atoms. The van der Waals surface area contributed by atoms with E-state index in [1.54, 1.807) is 0 Å². The van der Waals surface area contributed by atoms with Crippen molar-refractivity contribution in [2.24, 2.45) is 12.8 Å². The third-order valence-corrected chi connectivity index (χ3v) is 5.12. The molecule has 0 spiro atoms. The molecule has 1 fully saturated rings. The number of likely N-dealkylation sites (tertiary alicyclic amines) is 1. The van der Waals surface area contributed by atoms with Gasteiger partial charge in [-0.05, 0) is 31.0 Å². The Kier molecular flexibility index (Phi) is 4.81. The van der Waals surface area contributed by atoms with E-state index in [1.807, 2.05) is 53.0 Å². The summed E-state index contributed by atoms with van der Waals surface area (Å²) in [5.41, 5.74) is 7.41. The van der Waals surface area contributed by atoms with E-state index < -0.39 is 0 Å². The predicted molar refractivity (Wildman–Crippen MR) is 101 cm³/mol. The zero-order valence-corrected chi connectivity index (χ0v) is 15.4. The Morgan fingerprint density at radius 2 is 2.11 bits per heavy atom. The predicted octanol–water partition coefficient (Wildman–Crippen LogP) is 1.30. The highest BCUT2D eigenvalue weighted by Gasteiger charge is 2.22. The lowest BCUT2D eigenvalue weighted by Gasteiger charge is -2.32. The summed E-state index contributed by atoms with van der Waals surface area (Å²) in [6.07, 6.45) is 5.84. The first-order chi connectivity index (χ1) is 13.1. The number of aryl methyl sites for hydroxylation is 1. The van der Waals surface area contributed by atoms with Crippen LogP contribution in [0, 0.1) is 0 Å². The first-order valence-electron chi connectivity index (χ1n) is 9.19. The molecule has 0 aliphatic carbocycles. The van der Waals surface area contributed by atoms with Crippen molar-refractivity contribution < 1.29 is 9.53 Å². The number of ether oxygens (including phenoxy) is 1. The van der Waals surface area contributed by atoms with Gasteiger partial charge in [0.2, 0.25) is 5.91 Å². The molecule has 0 atom stereocenters. The minimum atomic E-state index is -0.352. The van der Waals surface area contributed by atoms with Crippen molar-refractivity contribution in [2.45, 2.75) is 32.0 Å². The zero-order chi connectivity index (χ0) is 18.8. The van der Waals surface area contributed by atoms with Crippen molar-refractivity contribution in [3.8, 4) is 5.75 Å². The molecule has 3 heterocycles. The average Bonchev–Trinajstić information content (AvgIpc) is 3.24. The summed E-state index contributed by atoms with van der Waals surface area (Å²) >= 11 is 0. The highest BCUT2D eigenvalue weighted by molar-refractivity contribution is 5.87. The molecule has 3 aromatic rings. The molecule has 8 heteroatoms. The van der Waals surface area contributed by atoms with Crippen molar-refractivity contribution >= 4 is 16.8 Å². The molecule has 1 aliphatic heterocycles.